The van der Waals surface area contributed by atoms with Crippen molar-refractivity contribution in [1.29, 1.82) is 0 Å². The van der Waals surface area contributed by atoms with E-state index in [0.29, 0.717) is 17.6 Å². The predicted octanol–water partition coefficient (Wildman–Crippen LogP) is 1.65. The molecule has 7 heteroatoms. The van der Waals surface area contributed by atoms with Crippen LogP contribution in [-0.2, 0) is 6.54 Å². The molecule has 0 unspecified atom stereocenters. The monoisotopic (exact) mass is 262 g/mol. The molecule has 100 valence electrons. The van der Waals surface area contributed by atoms with Crippen molar-refractivity contribution in [2.24, 2.45) is 0 Å². The van der Waals surface area contributed by atoms with E-state index >= 15 is 0 Å². The Balaban J connectivity index is 1.57. The van der Waals surface area contributed by atoms with E-state index in [4.69, 9.17) is 9.05 Å². The summed E-state index contributed by atoms with van der Waals surface area (Å²) < 4.78 is 9.97. The zero-order valence-electron chi connectivity index (χ0n) is 10.3. The van der Waals surface area contributed by atoms with Gasteiger partial charge in [0.1, 0.15) is 0 Å². The minimum atomic E-state index is -0.343. The molecule has 1 amide bonds. The fraction of sp³-hybridized carbons (Fsp3) is 0.500. The molecule has 0 saturated heterocycles. The molecule has 1 aliphatic rings. The number of nitrogens with one attached hydrogen (secondary N) is 1. The third-order valence-electron chi connectivity index (χ3n) is 3.26. The summed E-state index contributed by atoms with van der Waals surface area (Å²) in [5, 5.41) is 9.98. The van der Waals surface area contributed by atoms with E-state index in [1.807, 2.05) is 0 Å². The summed E-state index contributed by atoms with van der Waals surface area (Å²) in [6.45, 7) is 0.218. The average molecular weight is 262 g/mol. The van der Waals surface area contributed by atoms with Crippen molar-refractivity contribution in [2.45, 2.75) is 38.1 Å². The van der Waals surface area contributed by atoms with Gasteiger partial charge >= 0.3 is 0 Å². The summed E-state index contributed by atoms with van der Waals surface area (Å²) in [6, 6.07) is 1.50. The Morgan fingerprint density at radius 2 is 2.21 bits per heavy atom. The third kappa shape index (κ3) is 2.64. The van der Waals surface area contributed by atoms with Crippen LogP contribution in [0.4, 0.5) is 0 Å². The summed E-state index contributed by atoms with van der Waals surface area (Å²) in [7, 11) is 0. The Labute approximate surface area is 109 Å². The zero-order valence-corrected chi connectivity index (χ0v) is 10.3. The Kier molecular flexibility index (Phi) is 3.26. The molecule has 1 fully saturated rings. The van der Waals surface area contributed by atoms with Crippen LogP contribution in [0.1, 0.15) is 53.9 Å². The number of amides is 1. The molecule has 19 heavy (non-hydrogen) atoms. The first kappa shape index (κ1) is 11.9. The van der Waals surface area contributed by atoms with Crippen LogP contribution in [0.15, 0.2) is 21.3 Å². The van der Waals surface area contributed by atoms with Crippen LogP contribution in [0.2, 0.25) is 0 Å². The highest BCUT2D eigenvalue weighted by Crippen LogP contribution is 2.32. The topological polar surface area (TPSA) is 94.1 Å². The van der Waals surface area contributed by atoms with Crippen molar-refractivity contribution in [3.05, 3.63) is 29.7 Å². The lowest BCUT2D eigenvalue weighted by Crippen LogP contribution is -2.22. The molecule has 2 heterocycles. The molecule has 2 aromatic rings. The fourth-order valence-corrected chi connectivity index (χ4v) is 2.26. The van der Waals surface area contributed by atoms with Gasteiger partial charge in [0.25, 0.3) is 5.91 Å². The van der Waals surface area contributed by atoms with Gasteiger partial charge in [0.15, 0.2) is 5.82 Å². The minimum Gasteiger partial charge on any atom is -0.351 e. The van der Waals surface area contributed by atoms with Gasteiger partial charge in [0.05, 0.1) is 12.7 Å². The van der Waals surface area contributed by atoms with Gasteiger partial charge in [-0.2, -0.15) is 4.98 Å². The summed E-state index contributed by atoms with van der Waals surface area (Å²) in [6.07, 6.45) is 6.05. The number of hydrogen-bond donors (Lipinski definition) is 1. The molecule has 0 aromatic carbocycles. The van der Waals surface area contributed by atoms with Crippen LogP contribution in [0.5, 0.6) is 0 Å². The third-order valence-corrected chi connectivity index (χ3v) is 3.26. The molecule has 0 bridgehead atoms. The van der Waals surface area contributed by atoms with Crippen molar-refractivity contribution in [2.75, 3.05) is 0 Å². The Hall–Kier alpha value is -2.18. The first-order chi connectivity index (χ1) is 9.33. The van der Waals surface area contributed by atoms with E-state index in [-0.39, 0.29) is 18.2 Å². The van der Waals surface area contributed by atoms with Gasteiger partial charge < -0.3 is 14.4 Å². The van der Waals surface area contributed by atoms with Gasteiger partial charge in [-0.05, 0) is 12.8 Å². The maximum Gasteiger partial charge on any atom is 0.290 e. The van der Waals surface area contributed by atoms with Gasteiger partial charge in [-0.3, -0.25) is 4.79 Å². The van der Waals surface area contributed by atoms with Crippen molar-refractivity contribution in [3.63, 3.8) is 0 Å². The second-order valence-corrected chi connectivity index (χ2v) is 4.59. The molecule has 0 radical (unpaired) electrons. The first-order valence-corrected chi connectivity index (χ1v) is 6.34. The quantitative estimate of drug-likeness (QED) is 0.900. The van der Waals surface area contributed by atoms with E-state index in [1.165, 1.54) is 25.1 Å². The lowest BCUT2D eigenvalue weighted by Gasteiger charge is -1.99. The molecule has 0 spiro atoms. The molecule has 1 N–H and O–H groups in total. The number of hydrogen-bond acceptors (Lipinski definition) is 6. The van der Waals surface area contributed by atoms with Gasteiger partial charge in [-0.15, -0.1) is 0 Å². The second-order valence-electron chi connectivity index (χ2n) is 4.59. The molecule has 1 saturated carbocycles. The largest absolute Gasteiger partial charge is 0.351 e. The highest BCUT2D eigenvalue weighted by molar-refractivity contribution is 5.91. The Morgan fingerprint density at radius 1 is 1.37 bits per heavy atom. The minimum absolute atomic E-state index is 0.166. The highest BCUT2D eigenvalue weighted by Gasteiger charge is 2.23. The van der Waals surface area contributed by atoms with Crippen molar-refractivity contribution < 1.29 is 13.8 Å². The van der Waals surface area contributed by atoms with Gasteiger partial charge in [-0.25, -0.2) is 0 Å². The van der Waals surface area contributed by atoms with E-state index in [2.05, 4.69) is 20.6 Å². The summed E-state index contributed by atoms with van der Waals surface area (Å²) in [5.74, 6) is 1.37. The van der Waals surface area contributed by atoms with Crippen molar-refractivity contribution in [1.82, 2.24) is 20.6 Å². The summed E-state index contributed by atoms with van der Waals surface area (Å²) >= 11 is 0. The standard InChI is InChI=1S/C12H14N4O3/c17-11(9-5-6-14-18-9)13-7-10-15-12(19-16-10)8-3-1-2-4-8/h5-6,8H,1-4,7H2,(H,13,17). The van der Waals surface area contributed by atoms with Crippen LogP contribution in [-0.4, -0.2) is 21.2 Å². The normalized spacial score (nSPS) is 15.8. The maximum absolute atomic E-state index is 11.6. The summed E-state index contributed by atoms with van der Waals surface area (Å²) in [5.41, 5.74) is 0. The second kappa shape index (κ2) is 5.21. The number of carbonyl (C=O) groups is 1. The van der Waals surface area contributed by atoms with Crippen LogP contribution in [0.3, 0.4) is 0 Å². The van der Waals surface area contributed by atoms with Crippen LogP contribution in [0.25, 0.3) is 0 Å². The van der Waals surface area contributed by atoms with Crippen LogP contribution in [0, 0.1) is 0 Å². The maximum atomic E-state index is 11.6. The Bertz CT molecular complexity index is 543. The average Bonchev–Trinajstić information content (AvgIpc) is 3.14. The smallest absolute Gasteiger partial charge is 0.290 e. The van der Waals surface area contributed by atoms with Crippen LogP contribution >= 0.6 is 0 Å². The SMILES string of the molecule is O=C(NCc1noc(C2CCCC2)n1)c1ccno1. The first-order valence-electron chi connectivity index (χ1n) is 6.34. The number of aromatic nitrogens is 3. The highest BCUT2D eigenvalue weighted by atomic mass is 16.5. The molecule has 1 aliphatic carbocycles. The number of carbonyl (C=O) groups excluding carboxylic acids is 1. The van der Waals surface area contributed by atoms with E-state index < -0.39 is 0 Å². The lowest BCUT2D eigenvalue weighted by atomic mass is 10.1. The molecule has 7 nitrogen and oxygen atoms in total. The van der Waals surface area contributed by atoms with Crippen molar-refractivity contribution >= 4 is 5.91 Å². The molecule has 2 aromatic heterocycles. The van der Waals surface area contributed by atoms with E-state index in [1.54, 1.807) is 0 Å². The van der Waals surface area contributed by atoms with E-state index in [9.17, 15) is 4.79 Å². The molecular weight excluding hydrogens is 248 g/mol. The Morgan fingerprint density at radius 3 is 2.95 bits per heavy atom. The number of rotatable bonds is 4. The van der Waals surface area contributed by atoms with Gasteiger partial charge in [-0.1, -0.05) is 23.2 Å². The van der Waals surface area contributed by atoms with Gasteiger partial charge in [0, 0.05) is 12.0 Å². The predicted molar refractivity (Wildman–Crippen MR) is 63.2 cm³/mol. The zero-order chi connectivity index (χ0) is 13.1. The molecule has 0 aliphatic heterocycles. The van der Waals surface area contributed by atoms with Gasteiger partial charge in [0.2, 0.25) is 11.7 Å². The molecule has 0 atom stereocenters. The fourth-order valence-electron chi connectivity index (χ4n) is 2.26. The van der Waals surface area contributed by atoms with Crippen molar-refractivity contribution in [3.8, 4) is 0 Å². The molecule has 3 rings (SSSR count). The van der Waals surface area contributed by atoms with Crippen LogP contribution < -0.4 is 5.32 Å². The number of nitrogens with zero attached hydrogens (tertiary/aromatic N) is 3. The lowest BCUT2D eigenvalue weighted by molar-refractivity contribution is 0.0912. The van der Waals surface area contributed by atoms with E-state index in [0.717, 1.165) is 12.8 Å². The molecular formula is C12H14N4O3. The summed E-state index contributed by atoms with van der Waals surface area (Å²) in [4.78, 5) is 15.9.